The maximum Gasteiger partial charge on any atom is 0.262 e. The Morgan fingerprint density at radius 1 is 1.24 bits per heavy atom. The van der Waals surface area contributed by atoms with Crippen molar-refractivity contribution in [1.82, 2.24) is 14.9 Å². The summed E-state index contributed by atoms with van der Waals surface area (Å²) >= 11 is 1.59. The molecule has 6 nitrogen and oxygen atoms in total. The lowest BCUT2D eigenvalue weighted by Crippen LogP contribution is -2.27. The maximum atomic E-state index is 12.7. The number of hydrogen-bond acceptors (Lipinski definition) is 5. The molecule has 4 rings (SSSR count). The van der Waals surface area contributed by atoms with Crippen LogP contribution in [0.1, 0.15) is 35.7 Å². The Labute approximate surface area is 173 Å². The van der Waals surface area contributed by atoms with E-state index >= 15 is 0 Å². The number of carbonyl (C=O) groups is 1. The number of benzene rings is 2. The average Bonchev–Trinajstić information content (AvgIpc) is 2.76. The molecule has 0 saturated heterocycles. The maximum absolute atomic E-state index is 12.7. The summed E-state index contributed by atoms with van der Waals surface area (Å²) in [6, 6.07) is 12.8. The van der Waals surface area contributed by atoms with E-state index in [4.69, 9.17) is 4.74 Å². The molecule has 0 fully saturated rings. The second-order valence-electron chi connectivity index (χ2n) is 6.96. The van der Waals surface area contributed by atoms with Crippen molar-refractivity contribution in [3.8, 4) is 5.75 Å². The van der Waals surface area contributed by atoms with Gasteiger partial charge in [-0.25, -0.2) is 4.98 Å². The summed E-state index contributed by atoms with van der Waals surface area (Å²) in [6.45, 7) is 3.88. The fraction of sp³-hybridized carbons (Fsp3) is 0.318. The minimum Gasteiger partial charge on any atom is -0.494 e. The molecule has 0 radical (unpaired) electrons. The molecule has 0 aliphatic carbocycles. The predicted octanol–water partition coefficient (Wildman–Crippen LogP) is 3.61. The molecule has 150 valence electrons. The summed E-state index contributed by atoms with van der Waals surface area (Å²) in [5, 5.41) is 4.21. The molecular weight excluding hydrogens is 386 g/mol. The van der Waals surface area contributed by atoms with Crippen LogP contribution in [0.3, 0.4) is 0 Å². The smallest absolute Gasteiger partial charge is 0.262 e. The number of ether oxygens (including phenoxy) is 1. The van der Waals surface area contributed by atoms with Gasteiger partial charge in [0, 0.05) is 24.4 Å². The second-order valence-corrected chi connectivity index (χ2v) is 8.02. The van der Waals surface area contributed by atoms with E-state index in [9.17, 15) is 9.59 Å². The standard InChI is InChI=1S/C22H23N3O3S/c1-2-11-28-17-7-4-15(5-8-17)14-23-20(26)16-6-9-18-19(13-16)24-22-25(21(18)27)10-3-12-29-22/h4-9,13H,2-3,10-12,14H2,1H3,(H,23,26). The number of amides is 1. The van der Waals surface area contributed by atoms with Crippen LogP contribution < -0.4 is 15.6 Å². The van der Waals surface area contributed by atoms with Crippen LogP contribution >= 0.6 is 11.8 Å². The molecule has 1 aromatic heterocycles. The van der Waals surface area contributed by atoms with Crippen LogP contribution in [0, 0.1) is 0 Å². The molecule has 1 amide bonds. The molecule has 7 heteroatoms. The first kappa shape index (κ1) is 19.5. The molecule has 29 heavy (non-hydrogen) atoms. The van der Waals surface area contributed by atoms with Crippen LogP contribution in [0.25, 0.3) is 10.9 Å². The normalized spacial score (nSPS) is 13.1. The van der Waals surface area contributed by atoms with E-state index in [1.807, 2.05) is 24.3 Å². The van der Waals surface area contributed by atoms with Crippen LogP contribution in [0.4, 0.5) is 0 Å². The molecule has 1 N–H and O–H groups in total. The molecule has 0 spiro atoms. The van der Waals surface area contributed by atoms with E-state index in [2.05, 4.69) is 17.2 Å². The number of thioether (sulfide) groups is 1. The SMILES string of the molecule is CCCOc1ccc(CNC(=O)c2ccc3c(=O)n4c(nc3c2)SCCC4)cc1. The first-order valence-electron chi connectivity index (χ1n) is 9.83. The summed E-state index contributed by atoms with van der Waals surface area (Å²) in [5.41, 5.74) is 2.03. The largest absolute Gasteiger partial charge is 0.494 e. The van der Waals surface area contributed by atoms with Gasteiger partial charge in [-0.15, -0.1) is 0 Å². The third kappa shape index (κ3) is 4.29. The molecule has 2 heterocycles. The van der Waals surface area contributed by atoms with Crippen LogP contribution in [0.15, 0.2) is 52.4 Å². The molecule has 0 saturated carbocycles. The molecule has 3 aromatic rings. The van der Waals surface area contributed by atoms with Crippen molar-refractivity contribution < 1.29 is 9.53 Å². The van der Waals surface area contributed by atoms with Crippen LogP contribution in [0.5, 0.6) is 5.75 Å². The summed E-state index contributed by atoms with van der Waals surface area (Å²) < 4.78 is 7.30. The lowest BCUT2D eigenvalue weighted by Gasteiger charge is -2.17. The van der Waals surface area contributed by atoms with Gasteiger partial charge in [-0.1, -0.05) is 30.8 Å². The monoisotopic (exact) mass is 409 g/mol. The van der Waals surface area contributed by atoms with Gasteiger partial charge in [-0.05, 0) is 48.7 Å². The average molecular weight is 410 g/mol. The first-order valence-corrected chi connectivity index (χ1v) is 10.8. The molecular formula is C22H23N3O3S. The van der Waals surface area contributed by atoms with Gasteiger partial charge in [0.1, 0.15) is 5.75 Å². The number of aromatic nitrogens is 2. The summed E-state index contributed by atoms with van der Waals surface area (Å²) in [6.07, 6.45) is 1.93. The topological polar surface area (TPSA) is 73.2 Å². The lowest BCUT2D eigenvalue weighted by molar-refractivity contribution is 0.0951. The number of carbonyl (C=O) groups excluding carboxylic acids is 1. The third-order valence-electron chi connectivity index (χ3n) is 4.79. The van der Waals surface area contributed by atoms with Gasteiger partial charge >= 0.3 is 0 Å². The number of fused-ring (bicyclic) bond motifs is 2. The Hall–Kier alpha value is -2.80. The first-order chi connectivity index (χ1) is 14.2. The Morgan fingerprint density at radius 3 is 2.86 bits per heavy atom. The fourth-order valence-electron chi connectivity index (χ4n) is 3.24. The highest BCUT2D eigenvalue weighted by Gasteiger charge is 2.16. The highest BCUT2D eigenvalue weighted by atomic mass is 32.2. The lowest BCUT2D eigenvalue weighted by atomic mass is 10.1. The van der Waals surface area contributed by atoms with E-state index in [1.165, 1.54) is 0 Å². The van der Waals surface area contributed by atoms with Gasteiger partial charge in [0.15, 0.2) is 5.16 Å². The van der Waals surface area contributed by atoms with Gasteiger partial charge in [0.25, 0.3) is 11.5 Å². The number of nitrogens with zero attached hydrogens (tertiary/aromatic N) is 2. The van der Waals surface area contributed by atoms with E-state index in [-0.39, 0.29) is 11.5 Å². The minimum absolute atomic E-state index is 0.0328. The van der Waals surface area contributed by atoms with Crippen molar-refractivity contribution in [1.29, 1.82) is 0 Å². The number of rotatable bonds is 6. The second kappa shape index (κ2) is 8.69. The zero-order valence-corrected chi connectivity index (χ0v) is 17.1. The summed E-state index contributed by atoms with van der Waals surface area (Å²) in [4.78, 5) is 29.9. The zero-order chi connectivity index (χ0) is 20.2. The van der Waals surface area contributed by atoms with Crippen LogP contribution in [0.2, 0.25) is 0 Å². The highest BCUT2D eigenvalue weighted by Crippen LogP contribution is 2.23. The zero-order valence-electron chi connectivity index (χ0n) is 16.3. The Balaban J connectivity index is 1.48. The molecule has 1 aliphatic heterocycles. The molecule has 1 aliphatic rings. The van der Waals surface area contributed by atoms with Crippen molar-refractivity contribution in [3.05, 3.63) is 63.9 Å². The molecule has 0 atom stereocenters. The van der Waals surface area contributed by atoms with Crippen LogP contribution in [-0.4, -0.2) is 27.8 Å². The quantitative estimate of drug-likeness (QED) is 0.630. The van der Waals surface area contributed by atoms with E-state index in [0.29, 0.717) is 36.2 Å². The highest BCUT2D eigenvalue weighted by molar-refractivity contribution is 7.99. The Bertz CT molecular complexity index is 1090. The molecule has 2 aromatic carbocycles. The minimum atomic E-state index is -0.189. The van der Waals surface area contributed by atoms with Gasteiger partial charge in [-0.2, -0.15) is 0 Å². The number of hydrogen-bond donors (Lipinski definition) is 1. The van der Waals surface area contributed by atoms with Crippen molar-refractivity contribution in [3.63, 3.8) is 0 Å². The van der Waals surface area contributed by atoms with Crippen molar-refractivity contribution in [2.75, 3.05) is 12.4 Å². The summed E-state index contributed by atoms with van der Waals surface area (Å²) in [7, 11) is 0. The summed E-state index contributed by atoms with van der Waals surface area (Å²) in [5.74, 6) is 1.60. The van der Waals surface area contributed by atoms with E-state index in [1.54, 1.807) is 34.5 Å². The number of nitrogens with one attached hydrogen (secondary N) is 1. The van der Waals surface area contributed by atoms with Crippen molar-refractivity contribution in [2.24, 2.45) is 0 Å². The third-order valence-corrected chi connectivity index (χ3v) is 5.85. The van der Waals surface area contributed by atoms with Gasteiger partial charge in [0.05, 0.1) is 17.5 Å². The Kier molecular flexibility index (Phi) is 5.85. The predicted molar refractivity (Wildman–Crippen MR) is 115 cm³/mol. The van der Waals surface area contributed by atoms with Gasteiger partial charge in [0.2, 0.25) is 0 Å². The van der Waals surface area contributed by atoms with E-state index in [0.717, 1.165) is 35.1 Å². The van der Waals surface area contributed by atoms with Crippen molar-refractivity contribution >= 4 is 28.6 Å². The fourth-order valence-corrected chi connectivity index (χ4v) is 4.19. The van der Waals surface area contributed by atoms with E-state index < -0.39 is 0 Å². The Morgan fingerprint density at radius 2 is 2.07 bits per heavy atom. The van der Waals surface area contributed by atoms with Gasteiger partial charge < -0.3 is 10.1 Å². The van der Waals surface area contributed by atoms with Crippen molar-refractivity contribution in [2.45, 2.75) is 38.0 Å². The van der Waals surface area contributed by atoms with Crippen LogP contribution in [-0.2, 0) is 13.1 Å². The van der Waals surface area contributed by atoms with Gasteiger partial charge in [-0.3, -0.25) is 14.2 Å². The molecule has 0 bridgehead atoms. The molecule has 0 unspecified atom stereocenters.